The second-order valence-corrected chi connectivity index (χ2v) is 6.46. The zero-order valence-corrected chi connectivity index (χ0v) is 12.6. The van der Waals surface area contributed by atoms with Crippen molar-refractivity contribution in [2.45, 2.75) is 26.2 Å². The molecule has 0 spiro atoms. The summed E-state index contributed by atoms with van der Waals surface area (Å²) < 4.78 is 0. The summed E-state index contributed by atoms with van der Waals surface area (Å²) in [7, 11) is 0. The van der Waals surface area contributed by atoms with Crippen molar-refractivity contribution in [2.24, 2.45) is 0 Å². The van der Waals surface area contributed by atoms with Gasteiger partial charge < -0.3 is 4.98 Å². The highest BCUT2D eigenvalue weighted by Gasteiger charge is 2.14. The van der Waals surface area contributed by atoms with Crippen LogP contribution >= 0.6 is 11.6 Å². The van der Waals surface area contributed by atoms with Gasteiger partial charge in [-0.2, -0.15) is 0 Å². The van der Waals surface area contributed by atoms with Gasteiger partial charge in [0, 0.05) is 5.56 Å². The first kappa shape index (κ1) is 13.2. The Morgan fingerprint density at radius 2 is 1.70 bits per heavy atom. The maximum atomic E-state index is 6.16. The van der Waals surface area contributed by atoms with Crippen LogP contribution in [0.5, 0.6) is 0 Å². The molecule has 2 aromatic carbocycles. The van der Waals surface area contributed by atoms with Gasteiger partial charge in [-0.3, -0.25) is 0 Å². The number of H-pyrrole nitrogens is 1. The summed E-state index contributed by atoms with van der Waals surface area (Å²) in [6.45, 7) is 6.63. The van der Waals surface area contributed by atoms with Gasteiger partial charge >= 0.3 is 0 Å². The average Bonchev–Trinajstić information content (AvgIpc) is 2.83. The Morgan fingerprint density at radius 1 is 1.00 bits per heavy atom. The van der Waals surface area contributed by atoms with Gasteiger partial charge in [-0.1, -0.05) is 62.7 Å². The van der Waals surface area contributed by atoms with Crippen molar-refractivity contribution in [1.82, 2.24) is 9.97 Å². The highest BCUT2D eigenvalue weighted by Crippen LogP contribution is 2.28. The summed E-state index contributed by atoms with van der Waals surface area (Å²) in [6, 6.07) is 14.3. The maximum absolute atomic E-state index is 6.16. The van der Waals surface area contributed by atoms with Gasteiger partial charge in [0.1, 0.15) is 11.3 Å². The smallest absolute Gasteiger partial charge is 0.138 e. The summed E-state index contributed by atoms with van der Waals surface area (Å²) in [5, 5.41) is 0.677. The minimum absolute atomic E-state index is 0.162. The van der Waals surface area contributed by atoms with E-state index in [9.17, 15) is 0 Å². The summed E-state index contributed by atoms with van der Waals surface area (Å²) in [4.78, 5) is 7.90. The lowest BCUT2D eigenvalue weighted by molar-refractivity contribution is 0.590. The van der Waals surface area contributed by atoms with Crippen molar-refractivity contribution in [3.05, 3.63) is 53.1 Å². The molecule has 0 aliphatic rings. The van der Waals surface area contributed by atoms with Crippen LogP contribution in [-0.4, -0.2) is 9.97 Å². The van der Waals surface area contributed by atoms with Crippen LogP contribution in [0.2, 0.25) is 5.02 Å². The molecule has 1 N–H and O–H groups in total. The molecule has 0 fully saturated rings. The highest BCUT2D eigenvalue weighted by atomic mass is 35.5. The Kier molecular flexibility index (Phi) is 3.06. The average molecular weight is 285 g/mol. The first-order valence-corrected chi connectivity index (χ1v) is 7.08. The molecule has 0 saturated heterocycles. The van der Waals surface area contributed by atoms with Crippen LogP contribution in [0, 0.1) is 0 Å². The minimum Gasteiger partial charge on any atom is -0.338 e. The quantitative estimate of drug-likeness (QED) is 0.655. The molecule has 0 aliphatic heterocycles. The first-order chi connectivity index (χ1) is 9.45. The van der Waals surface area contributed by atoms with E-state index in [2.05, 4.69) is 55.0 Å². The van der Waals surface area contributed by atoms with Crippen molar-refractivity contribution >= 4 is 22.6 Å². The molecule has 3 heteroatoms. The second kappa shape index (κ2) is 4.64. The van der Waals surface area contributed by atoms with Gasteiger partial charge in [-0.05, 0) is 23.1 Å². The van der Waals surface area contributed by atoms with Gasteiger partial charge in [0.05, 0.1) is 10.5 Å². The van der Waals surface area contributed by atoms with E-state index >= 15 is 0 Å². The molecule has 0 unspecified atom stereocenters. The summed E-state index contributed by atoms with van der Waals surface area (Å²) in [5.41, 5.74) is 4.34. The molecule has 0 aliphatic carbocycles. The predicted octanol–water partition coefficient (Wildman–Crippen LogP) is 5.18. The van der Waals surface area contributed by atoms with Gasteiger partial charge in [0.25, 0.3) is 0 Å². The highest BCUT2D eigenvalue weighted by molar-refractivity contribution is 6.34. The van der Waals surface area contributed by atoms with Crippen molar-refractivity contribution in [3.63, 3.8) is 0 Å². The maximum Gasteiger partial charge on any atom is 0.138 e. The number of halogens is 1. The lowest BCUT2D eigenvalue weighted by Gasteiger charge is -2.18. The molecule has 3 rings (SSSR count). The minimum atomic E-state index is 0.162. The number of nitrogens with zero attached hydrogens (tertiary/aromatic N) is 1. The first-order valence-electron chi connectivity index (χ1n) is 6.70. The molecule has 2 nitrogen and oxygen atoms in total. The molecular weight excluding hydrogens is 268 g/mol. The Morgan fingerprint density at radius 3 is 2.30 bits per heavy atom. The van der Waals surface area contributed by atoms with Gasteiger partial charge in [0.15, 0.2) is 0 Å². The van der Waals surface area contributed by atoms with E-state index < -0.39 is 0 Å². The number of hydrogen-bond donors (Lipinski definition) is 1. The third-order valence-electron chi connectivity index (χ3n) is 3.49. The van der Waals surface area contributed by atoms with E-state index in [1.807, 2.05) is 18.2 Å². The molecule has 0 radical (unpaired) electrons. The topological polar surface area (TPSA) is 28.7 Å². The molecule has 0 saturated carbocycles. The molecule has 0 amide bonds. The van der Waals surface area contributed by atoms with Gasteiger partial charge in [-0.25, -0.2) is 4.98 Å². The number of hydrogen-bond acceptors (Lipinski definition) is 1. The fourth-order valence-corrected chi connectivity index (χ4v) is 2.48. The van der Waals surface area contributed by atoms with Crippen LogP contribution in [0.3, 0.4) is 0 Å². The van der Waals surface area contributed by atoms with Crippen molar-refractivity contribution in [3.8, 4) is 11.4 Å². The molecule has 1 aromatic heterocycles. The number of imidazole rings is 1. The number of aromatic nitrogens is 2. The fourth-order valence-electron chi connectivity index (χ4n) is 2.26. The SMILES string of the molecule is CC(C)(C)c1ccc(-c2nc3c(Cl)cccc3[nH]2)cc1. The van der Waals surface area contributed by atoms with E-state index in [0.717, 1.165) is 22.4 Å². The monoisotopic (exact) mass is 284 g/mol. The number of nitrogens with one attached hydrogen (secondary N) is 1. The number of fused-ring (bicyclic) bond motifs is 1. The predicted molar refractivity (Wildman–Crippen MR) is 85.2 cm³/mol. The lowest BCUT2D eigenvalue weighted by Crippen LogP contribution is -2.10. The van der Waals surface area contributed by atoms with Crippen molar-refractivity contribution in [2.75, 3.05) is 0 Å². The molecule has 0 bridgehead atoms. The third kappa shape index (κ3) is 2.32. The van der Waals surface area contributed by atoms with E-state index in [0.29, 0.717) is 5.02 Å². The Balaban J connectivity index is 2.05. The Labute approximate surface area is 123 Å². The van der Waals surface area contributed by atoms with E-state index in [-0.39, 0.29) is 5.41 Å². The Hall–Kier alpha value is -1.80. The van der Waals surface area contributed by atoms with Crippen LogP contribution < -0.4 is 0 Å². The third-order valence-corrected chi connectivity index (χ3v) is 3.79. The molecular formula is C17H17ClN2. The normalized spacial score (nSPS) is 12.0. The second-order valence-electron chi connectivity index (χ2n) is 6.05. The van der Waals surface area contributed by atoms with Crippen LogP contribution in [0.15, 0.2) is 42.5 Å². The summed E-state index contributed by atoms with van der Waals surface area (Å²) >= 11 is 6.16. The molecule has 102 valence electrons. The fraction of sp³-hybridized carbons (Fsp3) is 0.235. The largest absolute Gasteiger partial charge is 0.338 e. The zero-order valence-electron chi connectivity index (χ0n) is 11.9. The number of benzene rings is 2. The van der Waals surface area contributed by atoms with Crippen molar-refractivity contribution in [1.29, 1.82) is 0 Å². The molecule has 3 aromatic rings. The van der Waals surface area contributed by atoms with Gasteiger partial charge in [-0.15, -0.1) is 0 Å². The van der Waals surface area contributed by atoms with E-state index in [1.165, 1.54) is 5.56 Å². The van der Waals surface area contributed by atoms with Crippen LogP contribution in [0.1, 0.15) is 26.3 Å². The standard InChI is InChI=1S/C17H17ClN2/c1-17(2,3)12-9-7-11(8-10-12)16-19-14-6-4-5-13(18)15(14)20-16/h4-10H,1-3H3,(H,19,20). The number of aromatic amines is 1. The zero-order chi connectivity index (χ0) is 14.3. The van der Waals surface area contributed by atoms with Crippen LogP contribution in [0.25, 0.3) is 22.4 Å². The van der Waals surface area contributed by atoms with Crippen LogP contribution in [-0.2, 0) is 5.41 Å². The van der Waals surface area contributed by atoms with E-state index in [1.54, 1.807) is 0 Å². The van der Waals surface area contributed by atoms with E-state index in [4.69, 9.17) is 11.6 Å². The molecule has 20 heavy (non-hydrogen) atoms. The molecule has 1 heterocycles. The van der Waals surface area contributed by atoms with Crippen LogP contribution in [0.4, 0.5) is 0 Å². The lowest BCUT2D eigenvalue weighted by atomic mass is 9.87. The van der Waals surface area contributed by atoms with Gasteiger partial charge in [0.2, 0.25) is 0 Å². The number of rotatable bonds is 1. The number of para-hydroxylation sites is 1. The Bertz CT molecular complexity index is 749. The molecule has 0 atom stereocenters. The summed E-state index contributed by atoms with van der Waals surface area (Å²) in [6.07, 6.45) is 0. The summed E-state index contributed by atoms with van der Waals surface area (Å²) in [5.74, 6) is 0.855. The van der Waals surface area contributed by atoms with Crippen molar-refractivity contribution < 1.29 is 0 Å².